The molecule has 1 fully saturated rings. The van der Waals surface area contributed by atoms with Crippen LogP contribution in [0.2, 0.25) is 0 Å². The number of aromatic nitrogens is 2. The summed E-state index contributed by atoms with van der Waals surface area (Å²) < 4.78 is 5.41. The van der Waals surface area contributed by atoms with Gasteiger partial charge < -0.3 is 4.42 Å². The lowest BCUT2D eigenvalue weighted by atomic mass is 9.87. The molecule has 0 spiro atoms. The third-order valence-corrected chi connectivity index (χ3v) is 4.09. The highest BCUT2D eigenvalue weighted by Gasteiger charge is 2.34. The van der Waals surface area contributed by atoms with Crippen molar-refractivity contribution in [3.8, 4) is 0 Å². The molecule has 2 rings (SSSR count). The fraction of sp³-hybridized carbons (Fsp3) is 0.750. The summed E-state index contributed by atoms with van der Waals surface area (Å²) in [6, 6.07) is 0. The van der Waals surface area contributed by atoms with Crippen molar-refractivity contribution in [2.45, 2.75) is 25.2 Å². The maximum Gasteiger partial charge on any atom is 0.284 e. The minimum absolute atomic E-state index is 0.0853. The topological polar surface area (TPSA) is 38.9 Å². The molecule has 72 valence electrons. The summed E-state index contributed by atoms with van der Waals surface area (Å²) in [5, 5.41) is 7.86. The molecule has 3 nitrogen and oxygen atoms in total. The lowest BCUT2D eigenvalue weighted by Gasteiger charge is -2.29. The molecule has 0 aliphatic carbocycles. The Balaban J connectivity index is 2.22. The largest absolute Gasteiger partial charge is 0.415 e. The quantitative estimate of drug-likeness (QED) is 0.780. The normalized spacial score (nSPS) is 29.1. The van der Waals surface area contributed by atoms with Crippen molar-refractivity contribution in [1.82, 2.24) is 10.2 Å². The van der Waals surface area contributed by atoms with Crippen LogP contribution in [0.4, 0.5) is 0 Å². The first-order valence-corrected chi connectivity index (χ1v) is 6.23. The van der Waals surface area contributed by atoms with Crippen LogP contribution in [0.25, 0.3) is 0 Å². The van der Waals surface area contributed by atoms with E-state index in [-0.39, 0.29) is 5.41 Å². The fourth-order valence-electron chi connectivity index (χ4n) is 1.55. The number of halogens is 1. The summed E-state index contributed by atoms with van der Waals surface area (Å²) in [5.74, 6) is 3.11. The molecule has 0 amide bonds. The van der Waals surface area contributed by atoms with Gasteiger partial charge in [0, 0.05) is 21.7 Å². The molecule has 0 saturated carbocycles. The molecule has 13 heavy (non-hydrogen) atoms. The molecular weight excluding hydrogens is 252 g/mol. The molecule has 0 bridgehead atoms. The molecule has 0 aromatic carbocycles. The van der Waals surface area contributed by atoms with Gasteiger partial charge in [0.15, 0.2) is 0 Å². The summed E-state index contributed by atoms with van der Waals surface area (Å²) in [5.41, 5.74) is 0.0853. The third kappa shape index (κ3) is 1.91. The molecule has 1 aromatic rings. The summed E-state index contributed by atoms with van der Waals surface area (Å²) in [7, 11) is 0. The van der Waals surface area contributed by atoms with Gasteiger partial charge in [0.25, 0.3) is 4.80 Å². The van der Waals surface area contributed by atoms with E-state index in [4.69, 9.17) is 4.42 Å². The standard InChI is InChI=1S/C8H11BrN2OS/c1-8(3-2-4-13-5-8)6-10-11-7(9)12-6/h2-5H2,1H3. The molecule has 1 saturated heterocycles. The summed E-state index contributed by atoms with van der Waals surface area (Å²) in [6.45, 7) is 2.19. The van der Waals surface area contributed by atoms with E-state index in [2.05, 4.69) is 33.1 Å². The monoisotopic (exact) mass is 262 g/mol. The molecule has 0 N–H and O–H groups in total. The van der Waals surface area contributed by atoms with Crippen molar-refractivity contribution in [2.24, 2.45) is 0 Å². The van der Waals surface area contributed by atoms with Crippen LogP contribution in [0, 0.1) is 0 Å². The number of hydrogen-bond donors (Lipinski definition) is 0. The zero-order chi connectivity index (χ0) is 9.31. The molecule has 1 aromatic heterocycles. The Morgan fingerprint density at radius 2 is 2.38 bits per heavy atom. The van der Waals surface area contributed by atoms with Gasteiger partial charge in [0.2, 0.25) is 5.89 Å². The summed E-state index contributed by atoms with van der Waals surface area (Å²) in [4.78, 5) is 0.485. The summed E-state index contributed by atoms with van der Waals surface area (Å²) in [6.07, 6.45) is 2.38. The van der Waals surface area contributed by atoms with Crippen molar-refractivity contribution in [1.29, 1.82) is 0 Å². The minimum Gasteiger partial charge on any atom is -0.415 e. The fourth-order valence-corrected chi connectivity index (χ4v) is 3.00. The highest BCUT2D eigenvalue weighted by molar-refractivity contribution is 9.10. The van der Waals surface area contributed by atoms with Crippen LogP contribution in [0.5, 0.6) is 0 Å². The van der Waals surface area contributed by atoms with Gasteiger partial charge in [0.1, 0.15) is 0 Å². The average Bonchev–Trinajstić information content (AvgIpc) is 2.54. The smallest absolute Gasteiger partial charge is 0.284 e. The van der Waals surface area contributed by atoms with Gasteiger partial charge in [0.05, 0.1) is 5.41 Å². The van der Waals surface area contributed by atoms with Crippen LogP contribution in [0.3, 0.4) is 0 Å². The van der Waals surface area contributed by atoms with E-state index in [1.807, 2.05) is 11.8 Å². The Morgan fingerprint density at radius 3 is 2.92 bits per heavy atom. The summed E-state index contributed by atoms with van der Waals surface area (Å²) >= 11 is 5.14. The van der Waals surface area contributed by atoms with Crippen molar-refractivity contribution >= 4 is 27.7 Å². The van der Waals surface area contributed by atoms with Gasteiger partial charge in [-0.15, -0.1) is 10.2 Å². The van der Waals surface area contributed by atoms with Gasteiger partial charge in [-0.2, -0.15) is 11.8 Å². The zero-order valence-corrected chi connectivity index (χ0v) is 9.82. The van der Waals surface area contributed by atoms with Crippen LogP contribution in [0.1, 0.15) is 25.7 Å². The molecule has 1 unspecified atom stereocenters. The van der Waals surface area contributed by atoms with E-state index in [0.717, 1.165) is 18.1 Å². The van der Waals surface area contributed by atoms with E-state index >= 15 is 0 Å². The number of nitrogens with zero attached hydrogens (tertiary/aromatic N) is 2. The molecular formula is C8H11BrN2OS. The highest BCUT2D eigenvalue weighted by Crippen LogP contribution is 2.36. The Morgan fingerprint density at radius 1 is 1.54 bits per heavy atom. The van der Waals surface area contributed by atoms with Crippen molar-refractivity contribution < 1.29 is 4.42 Å². The van der Waals surface area contributed by atoms with Crippen LogP contribution >= 0.6 is 27.7 Å². The number of thioether (sulfide) groups is 1. The maximum atomic E-state index is 5.41. The first kappa shape index (κ1) is 9.52. The Kier molecular flexibility index (Phi) is 2.65. The maximum absolute atomic E-state index is 5.41. The van der Waals surface area contributed by atoms with Gasteiger partial charge in [-0.05, 0) is 25.5 Å². The molecule has 5 heteroatoms. The number of rotatable bonds is 1. The van der Waals surface area contributed by atoms with Crippen LogP contribution < -0.4 is 0 Å². The molecule has 1 aliphatic heterocycles. The van der Waals surface area contributed by atoms with Gasteiger partial charge >= 0.3 is 0 Å². The van der Waals surface area contributed by atoms with Crippen molar-refractivity contribution in [3.05, 3.63) is 10.7 Å². The molecule has 1 aliphatic rings. The lowest BCUT2D eigenvalue weighted by Crippen LogP contribution is -2.29. The van der Waals surface area contributed by atoms with E-state index in [1.165, 1.54) is 12.2 Å². The second-order valence-electron chi connectivity index (χ2n) is 3.58. The molecule has 0 radical (unpaired) electrons. The van der Waals surface area contributed by atoms with Crippen molar-refractivity contribution in [2.75, 3.05) is 11.5 Å². The van der Waals surface area contributed by atoms with Gasteiger partial charge in [-0.25, -0.2) is 0 Å². The van der Waals surface area contributed by atoms with E-state index in [1.54, 1.807) is 0 Å². The Hall–Kier alpha value is -0.0300. The van der Waals surface area contributed by atoms with Crippen LogP contribution in [-0.4, -0.2) is 21.7 Å². The predicted molar refractivity (Wildman–Crippen MR) is 55.9 cm³/mol. The van der Waals surface area contributed by atoms with Gasteiger partial charge in [-0.3, -0.25) is 0 Å². The van der Waals surface area contributed by atoms with E-state index in [9.17, 15) is 0 Å². The minimum atomic E-state index is 0.0853. The average molecular weight is 263 g/mol. The van der Waals surface area contributed by atoms with Crippen LogP contribution in [-0.2, 0) is 5.41 Å². The second kappa shape index (κ2) is 3.61. The zero-order valence-electron chi connectivity index (χ0n) is 7.42. The van der Waals surface area contributed by atoms with E-state index in [0.29, 0.717) is 4.80 Å². The SMILES string of the molecule is CC1(c2nnc(Br)o2)CCCSC1. The van der Waals surface area contributed by atoms with E-state index < -0.39 is 0 Å². The molecule has 2 heterocycles. The van der Waals surface area contributed by atoms with Gasteiger partial charge in [-0.1, -0.05) is 0 Å². The van der Waals surface area contributed by atoms with Crippen molar-refractivity contribution in [3.63, 3.8) is 0 Å². The first-order chi connectivity index (χ1) is 6.21. The Bertz CT molecular complexity index is 296. The lowest BCUT2D eigenvalue weighted by molar-refractivity contribution is 0.340. The number of hydrogen-bond acceptors (Lipinski definition) is 4. The highest BCUT2D eigenvalue weighted by atomic mass is 79.9. The Labute approximate surface area is 89.8 Å². The molecule has 1 atom stereocenters. The third-order valence-electron chi connectivity index (χ3n) is 2.35. The first-order valence-electron chi connectivity index (χ1n) is 4.28. The van der Waals surface area contributed by atoms with Crippen LogP contribution in [0.15, 0.2) is 9.22 Å². The second-order valence-corrected chi connectivity index (χ2v) is 5.36. The predicted octanol–water partition coefficient (Wildman–Crippen LogP) is 2.62.